The third-order valence-electron chi connectivity index (χ3n) is 3.72. The van der Waals surface area contributed by atoms with Gasteiger partial charge >= 0.3 is 0 Å². The maximum absolute atomic E-state index is 12.0. The van der Waals surface area contributed by atoms with Crippen molar-refractivity contribution in [1.29, 1.82) is 0 Å². The van der Waals surface area contributed by atoms with Crippen molar-refractivity contribution in [3.63, 3.8) is 0 Å². The first kappa shape index (κ1) is 19.9. The molecule has 1 aromatic heterocycles. The van der Waals surface area contributed by atoms with Crippen molar-refractivity contribution in [3.05, 3.63) is 70.7 Å². The van der Waals surface area contributed by atoms with Crippen LogP contribution in [0.3, 0.4) is 0 Å². The van der Waals surface area contributed by atoms with Crippen molar-refractivity contribution in [2.24, 2.45) is 5.10 Å². The highest BCUT2D eigenvalue weighted by Gasteiger charge is 2.08. The summed E-state index contributed by atoms with van der Waals surface area (Å²) >= 11 is 7.09. The van der Waals surface area contributed by atoms with Crippen LogP contribution in [0.25, 0.3) is 0 Å². The Morgan fingerprint density at radius 1 is 1.18 bits per heavy atom. The summed E-state index contributed by atoms with van der Waals surface area (Å²) in [5.74, 6) is 0.536. The Hall–Kier alpha value is -2.84. The summed E-state index contributed by atoms with van der Waals surface area (Å²) in [7, 11) is 0. The number of hydrazone groups is 1. The van der Waals surface area contributed by atoms with Gasteiger partial charge in [0.15, 0.2) is 0 Å². The number of nitrogens with one attached hydrogen (secondary N) is 3. The molecule has 7 nitrogen and oxygen atoms in total. The van der Waals surface area contributed by atoms with Gasteiger partial charge in [0, 0.05) is 11.6 Å². The number of rotatable bonds is 8. The predicted octanol–water partition coefficient (Wildman–Crippen LogP) is 3.70. The predicted molar refractivity (Wildman–Crippen MR) is 113 cm³/mol. The summed E-state index contributed by atoms with van der Waals surface area (Å²) in [6, 6.07) is 17.2. The second kappa shape index (κ2) is 9.91. The van der Waals surface area contributed by atoms with Crippen molar-refractivity contribution >= 4 is 40.9 Å². The van der Waals surface area contributed by atoms with Crippen LogP contribution in [-0.2, 0) is 11.3 Å². The minimum atomic E-state index is -0.0998. The molecule has 0 aliphatic rings. The molecule has 1 amide bonds. The second-order valence-electron chi connectivity index (χ2n) is 5.83. The number of aromatic nitrogens is 3. The van der Waals surface area contributed by atoms with E-state index in [9.17, 15) is 4.79 Å². The van der Waals surface area contributed by atoms with E-state index in [4.69, 9.17) is 11.6 Å². The van der Waals surface area contributed by atoms with Gasteiger partial charge in [-0.2, -0.15) is 10.1 Å². The third kappa shape index (κ3) is 6.11. The molecule has 0 unspecified atom stereocenters. The van der Waals surface area contributed by atoms with Crippen molar-refractivity contribution in [1.82, 2.24) is 20.5 Å². The summed E-state index contributed by atoms with van der Waals surface area (Å²) in [5, 5.41) is 15.1. The number of amides is 1. The van der Waals surface area contributed by atoms with E-state index in [2.05, 4.69) is 31.0 Å². The molecule has 0 bridgehead atoms. The maximum atomic E-state index is 12.0. The molecular formula is C19H19ClN6OS. The van der Waals surface area contributed by atoms with Gasteiger partial charge in [-0.3, -0.25) is 4.79 Å². The van der Waals surface area contributed by atoms with Gasteiger partial charge in [0.25, 0.3) is 0 Å². The summed E-state index contributed by atoms with van der Waals surface area (Å²) in [6.07, 6.45) is 0. The summed E-state index contributed by atoms with van der Waals surface area (Å²) in [4.78, 5) is 16.2. The number of benzene rings is 2. The van der Waals surface area contributed by atoms with Crippen molar-refractivity contribution < 1.29 is 4.79 Å². The first-order chi connectivity index (χ1) is 13.6. The van der Waals surface area contributed by atoms with Crippen LogP contribution in [0.15, 0.2) is 64.9 Å². The number of halogens is 1. The maximum Gasteiger partial charge on any atom is 0.240 e. The van der Waals surface area contributed by atoms with E-state index >= 15 is 0 Å². The van der Waals surface area contributed by atoms with Crippen LogP contribution in [0.5, 0.6) is 0 Å². The molecule has 0 saturated carbocycles. The van der Waals surface area contributed by atoms with E-state index < -0.39 is 0 Å². The Morgan fingerprint density at radius 3 is 2.68 bits per heavy atom. The van der Waals surface area contributed by atoms with Crippen molar-refractivity contribution in [2.75, 3.05) is 11.2 Å². The Balaban J connectivity index is 1.44. The lowest BCUT2D eigenvalue weighted by Crippen LogP contribution is -2.24. The van der Waals surface area contributed by atoms with Gasteiger partial charge in [-0.15, -0.1) is 5.10 Å². The molecule has 0 aliphatic heterocycles. The molecule has 0 saturated heterocycles. The largest absolute Gasteiger partial charge is 0.351 e. The number of H-pyrrole nitrogens is 1. The van der Waals surface area contributed by atoms with E-state index in [1.54, 1.807) is 12.1 Å². The minimum absolute atomic E-state index is 0.0998. The van der Waals surface area contributed by atoms with Gasteiger partial charge in [-0.1, -0.05) is 65.8 Å². The zero-order valence-corrected chi connectivity index (χ0v) is 16.7. The highest BCUT2D eigenvalue weighted by Crippen LogP contribution is 2.14. The minimum Gasteiger partial charge on any atom is -0.351 e. The molecule has 144 valence electrons. The van der Waals surface area contributed by atoms with Crippen LogP contribution in [0.4, 0.5) is 5.95 Å². The number of anilines is 1. The van der Waals surface area contributed by atoms with Crippen LogP contribution < -0.4 is 10.7 Å². The summed E-state index contributed by atoms with van der Waals surface area (Å²) < 4.78 is 0. The SMILES string of the molecule is C/C(=N\Nc1nc(SCC(=O)NCc2ccc(Cl)cc2)n[nH]1)c1ccccc1. The van der Waals surface area contributed by atoms with E-state index in [0.717, 1.165) is 16.8 Å². The monoisotopic (exact) mass is 414 g/mol. The van der Waals surface area contributed by atoms with Crippen LogP contribution >= 0.6 is 23.4 Å². The fraction of sp³-hybridized carbons (Fsp3) is 0.158. The fourth-order valence-electron chi connectivity index (χ4n) is 2.23. The molecule has 0 fully saturated rings. The van der Waals surface area contributed by atoms with Crippen molar-refractivity contribution in [3.8, 4) is 0 Å². The third-order valence-corrected chi connectivity index (χ3v) is 4.82. The number of hydrogen-bond acceptors (Lipinski definition) is 6. The molecule has 0 aliphatic carbocycles. The Morgan fingerprint density at radius 2 is 1.93 bits per heavy atom. The highest BCUT2D eigenvalue weighted by molar-refractivity contribution is 7.99. The number of carbonyl (C=O) groups excluding carboxylic acids is 1. The quantitative estimate of drug-likeness (QED) is 0.297. The van der Waals surface area contributed by atoms with E-state index in [-0.39, 0.29) is 11.7 Å². The smallest absolute Gasteiger partial charge is 0.240 e. The molecule has 3 N–H and O–H groups in total. The standard InChI is InChI=1S/C19H19ClN6OS/c1-13(15-5-3-2-4-6-15)23-24-18-22-19(26-25-18)28-12-17(27)21-11-14-7-9-16(20)10-8-14/h2-10H,11-12H2,1H3,(H,21,27)(H2,22,24,25,26)/b23-13+. The summed E-state index contributed by atoms with van der Waals surface area (Å²) in [5.41, 5.74) is 5.66. The number of nitrogens with zero attached hydrogens (tertiary/aromatic N) is 3. The number of hydrogen-bond donors (Lipinski definition) is 3. The average molecular weight is 415 g/mol. The van der Waals surface area contributed by atoms with Crippen LogP contribution in [0.2, 0.25) is 5.02 Å². The molecule has 3 aromatic rings. The molecule has 0 radical (unpaired) electrons. The lowest BCUT2D eigenvalue weighted by molar-refractivity contribution is -0.118. The molecule has 1 heterocycles. The first-order valence-corrected chi connectivity index (χ1v) is 9.88. The Bertz CT molecular complexity index is 943. The van der Waals surface area contributed by atoms with Crippen LogP contribution in [0.1, 0.15) is 18.1 Å². The van der Waals surface area contributed by atoms with Crippen LogP contribution in [0, 0.1) is 0 Å². The van der Waals surface area contributed by atoms with Crippen molar-refractivity contribution in [2.45, 2.75) is 18.6 Å². The molecule has 0 atom stereocenters. The van der Waals surface area contributed by atoms with E-state index in [1.165, 1.54) is 11.8 Å². The zero-order chi connectivity index (χ0) is 19.8. The molecular weight excluding hydrogens is 396 g/mol. The topological polar surface area (TPSA) is 95.1 Å². The van der Waals surface area contributed by atoms with Gasteiger partial charge in [0.2, 0.25) is 17.0 Å². The molecule has 2 aromatic carbocycles. The van der Waals surface area contributed by atoms with E-state index in [1.807, 2.05) is 49.4 Å². The van der Waals surface area contributed by atoms with Gasteiger partial charge in [0.05, 0.1) is 11.5 Å². The Labute approximate surface area is 172 Å². The van der Waals surface area contributed by atoms with Crippen LogP contribution in [-0.4, -0.2) is 32.6 Å². The normalized spacial score (nSPS) is 11.3. The van der Waals surface area contributed by atoms with Gasteiger partial charge in [-0.25, -0.2) is 10.5 Å². The lowest BCUT2D eigenvalue weighted by atomic mass is 10.1. The Kier molecular flexibility index (Phi) is 7.05. The lowest BCUT2D eigenvalue weighted by Gasteiger charge is -2.04. The second-order valence-corrected chi connectivity index (χ2v) is 7.21. The van der Waals surface area contributed by atoms with Gasteiger partial charge < -0.3 is 5.32 Å². The molecule has 0 spiro atoms. The number of carbonyl (C=O) groups is 1. The first-order valence-electron chi connectivity index (χ1n) is 8.52. The van der Waals surface area contributed by atoms with E-state index in [0.29, 0.717) is 22.7 Å². The summed E-state index contributed by atoms with van der Waals surface area (Å²) in [6.45, 7) is 2.35. The molecule has 9 heteroatoms. The number of aromatic amines is 1. The molecule has 3 rings (SSSR count). The number of thioether (sulfide) groups is 1. The molecule has 28 heavy (non-hydrogen) atoms. The average Bonchev–Trinajstić information content (AvgIpc) is 3.18. The zero-order valence-electron chi connectivity index (χ0n) is 15.1. The highest BCUT2D eigenvalue weighted by atomic mass is 35.5. The fourth-order valence-corrected chi connectivity index (χ4v) is 2.98. The van der Waals surface area contributed by atoms with Gasteiger partial charge in [-0.05, 0) is 30.2 Å². The van der Waals surface area contributed by atoms with Gasteiger partial charge in [0.1, 0.15) is 0 Å².